The third-order valence-corrected chi connectivity index (χ3v) is 4.47. The number of rotatable bonds is 5. The van der Waals surface area contributed by atoms with E-state index in [1.807, 2.05) is 13.8 Å². The van der Waals surface area contributed by atoms with Crippen LogP contribution in [0.4, 0.5) is 4.39 Å². The van der Waals surface area contributed by atoms with Crippen LogP contribution in [0.5, 0.6) is 0 Å². The van der Waals surface area contributed by atoms with Gasteiger partial charge in [-0.25, -0.2) is 4.39 Å². The number of nitrogens with zero attached hydrogens (tertiary/aromatic N) is 1. The van der Waals surface area contributed by atoms with Gasteiger partial charge in [-0.05, 0) is 42.4 Å². The van der Waals surface area contributed by atoms with Gasteiger partial charge in [0.1, 0.15) is 11.9 Å². The van der Waals surface area contributed by atoms with E-state index in [0.717, 1.165) is 24.8 Å². The average Bonchev–Trinajstić information content (AvgIpc) is 2.95. The third-order valence-electron chi connectivity index (χ3n) is 4.47. The summed E-state index contributed by atoms with van der Waals surface area (Å²) in [5, 5.41) is 10.0. The lowest BCUT2D eigenvalue weighted by molar-refractivity contribution is -0.141. The van der Waals surface area contributed by atoms with E-state index in [1.54, 1.807) is 17.0 Å². The number of hydrogen-bond acceptors (Lipinski definition) is 2. The van der Waals surface area contributed by atoms with Crippen molar-refractivity contribution >= 4 is 5.91 Å². The highest BCUT2D eigenvalue weighted by Crippen LogP contribution is 2.23. The first kappa shape index (κ1) is 16.0. The molecular weight excluding hydrogens is 269 g/mol. The Labute approximate surface area is 125 Å². The van der Waals surface area contributed by atoms with Crippen LogP contribution < -0.4 is 0 Å². The number of amides is 1. The molecule has 3 atom stereocenters. The van der Waals surface area contributed by atoms with Crippen LogP contribution >= 0.6 is 0 Å². The fraction of sp³-hybridized carbons (Fsp3) is 0.588. The Bertz CT molecular complexity index is 474. The summed E-state index contributed by atoms with van der Waals surface area (Å²) in [6.07, 6.45) is 1.69. The Kier molecular flexibility index (Phi) is 5.34. The first-order valence-electron chi connectivity index (χ1n) is 7.72. The molecule has 116 valence electrons. The summed E-state index contributed by atoms with van der Waals surface area (Å²) < 4.78 is 12.9. The first-order valence-corrected chi connectivity index (χ1v) is 7.72. The van der Waals surface area contributed by atoms with Gasteiger partial charge in [-0.3, -0.25) is 4.79 Å². The summed E-state index contributed by atoms with van der Waals surface area (Å²) in [6.45, 7) is 5.26. The molecule has 0 radical (unpaired) electrons. The number of hydrogen-bond donors (Lipinski definition) is 1. The summed E-state index contributed by atoms with van der Waals surface area (Å²) in [5.74, 6) is 0.0156. The molecule has 1 saturated heterocycles. The number of aliphatic hydroxyl groups excluding tert-OH is 1. The van der Waals surface area contributed by atoms with Crippen LogP contribution in [0.3, 0.4) is 0 Å². The van der Waals surface area contributed by atoms with E-state index < -0.39 is 6.10 Å². The Hall–Kier alpha value is -1.42. The van der Waals surface area contributed by atoms with E-state index in [2.05, 4.69) is 0 Å². The maximum absolute atomic E-state index is 12.9. The van der Waals surface area contributed by atoms with Gasteiger partial charge in [0.05, 0.1) is 0 Å². The molecule has 21 heavy (non-hydrogen) atoms. The normalized spacial score (nSPS) is 21.3. The number of aliphatic hydroxyl groups is 1. The highest BCUT2D eigenvalue weighted by Gasteiger charge is 2.31. The van der Waals surface area contributed by atoms with Crippen molar-refractivity contribution in [3.63, 3.8) is 0 Å². The van der Waals surface area contributed by atoms with Crippen molar-refractivity contribution in [2.75, 3.05) is 13.1 Å². The Morgan fingerprint density at radius 3 is 2.71 bits per heavy atom. The standard InChI is InChI=1S/C17H24FNO2/c1-3-12(2)16(20)17(21)19-9-8-14(11-19)10-13-4-6-15(18)7-5-13/h4-7,12,14,16,20H,3,8-11H2,1-2H3. The minimum Gasteiger partial charge on any atom is -0.383 e. The number of halogens is 1. The van der Waals surface area contributed by atoms with Crippen molar-refractivity contribution in [2.24, 2.45) is 11.8 Å². The molecule has 0 aliphatic carbocycles. The predicted molar refractivity (Wildman–Crippen MR) is 80.3 cm³/mol. The zero-order valence-corrected chi connectivity index (χ0v) is 12.8. The number of carbonyl (C=O) groups excluding carboxylic acids is 1. The molecule has 2 rings (SSSR count). The second-order valence-corrected chi connectivity index (χ2v) is 6.10. The molecule has 3 nitrogen and oxygen atoms in total. The molecule has 1 aromatic rings. The molecule has 0 aromatic heterocycles. The van der Waals surface area contributed by atoms with Gasteiger partial charge in [0.2, 0.25) is 0 Å². The van der Waals surface area contributed by atoms with E-state index in [9.17, 15) is 14.3 Å². The quantitative estimate of drug-likeness (QED) is 0.906. The van der Waals surface area contributed by atoms with Crippen molar-refractivity contribution in [1.29, 1.82) is 0 Å². The zero-order chi connectivity index (χ0) is 15.4. The predicted octanol–water partition coefficient (Wildman–Crippen LogP) is 2.62. The molecule has 0 saturated carbocycles. The lowest BCUT2D eigenvalue weighted by atomic mass is 9.98. The fourth-order valence-electron chi connectivity index (χ4n) is 2.81. The van der Waals surface area contributed by atoms with Crippen LogP contribution in [0.1, 0.15) is 32.3 Å². The summed E-state index contributed by atoms with van der Waals surface area (Å²) in [4.78, 5) is 14.0. The van der Waals surface area contributed by atoms with Crippen molar-refractivity contribution in [2.45, 2.75) is 39.2 Å². The molecule has 1 aliphatic heterocycles. The lowest BCUT2D eigenvalue weighted by Gasteiger charge is -2.23. The van der Waals surface area contributed by atoms with E-state index >= 15 is 0 Å². The van der Waals surface area contributed by atoms with Crippen LogP contribution in [-0.2, 0) is 11.2 Å². The Balaban J connectivity index is 1.88. The summed E-state index contributed by atoms with van der Waals surface area (Å²) in [7, 11) is 0. The van der Waals surface area contributed by atoms with E-state index in [0.29, 0.717) is 19.0 Å². The van der Waals surface area contributed by atoms with Crippen molar-refractivity contribution in [3.8, 4) is 0 Å². The summed E-state index contributed by atoms with van der Waals surface area (Å²) in [6, 6.07) is 6.54. The molecule has 1 amide bonds. The van der Waals surface area contributed by atoms with E-state index in [4.69, 9.17) is 0 Å². The van der Waals surface area contributed by atoms with Crippen molar-refractivity contribution in [1.82, 2.24) is 4.90 Å². The Morgan fingerprint density at radius 1 is 1.43 bits per heavy atom. The largest absolute Gasteiger partial charge is 0.383 e. The second kappa shape index (κ2) is 7.03. The van der Waals surface area contributed by atoms with Gasteiger partial charge in [-0.1, -0.05) is 32.4 Å². The third kappa shape index (κ3) is 4.03. The van der Waals surface area contributed by atoms with Crippen LogP contribution in [0.2, 0.25) is 0 Å². The van der Waals surface area contributed by atoms with E-state index in [-0.39, 0.29) is 17.6 Å². The van der Waals surface area contributed by atoms with Gasteiger partial charge in [0.25, 0.3) is 5.91 Å². The molecular formula is C17H24FNO2. The smallest absolute Gasteiger partial charge is 0.251 e. The molecule has 1 aliphatic rings. The zero-order valence-electron chi connectivity index (χ0n) is 12.8. The highest BCUT2D eigenvalue weighted by atomic mass is 19.1. The first-order chi connectivity index (χ1) is 10.0. The fourth-order valence-corrected chi connectivity index (χ4v) is 2.81. The summed E-state index contributed by atoms with van der Waals surface area (Å²) in [5.41, 5.74) is 1.10. The van der Waals surface area contributed by atoms with E-state index in [1.165, 1.54) is 12.1 Å². The monoisotopic (exact) mass is 293 g/mol. The maximum Gasteiger partial charge on any atom is 0.251 e. The van der Waals surface area contributed by atoms with Gasteiger partial charge < -0.3 is 10.0 Å². The minimum atomic E-state index is -0.889. The highest BCUT2D eigenvalue weighted by molar-refractivity contribution is 5.81. The second-order valence-electron chi connectivity index (χ2n) is 6.10. The van der Waals surface area contributed by atoms with Crippen molar-refractivity contribution in [3.05, 3.63) is 35.6 Å². The summed E-state index contributed by atoms with van der Waals surface area (Å²) >= 11 is 0. The molecule has 1 aromatic carbocycles. The van der Waals surface area contributed by atoms with Gasteiger partial charge in [-0.15, -0.1) is 0 Å². The maximum atomic E-state index is 12.9. The van der Waals surface area contributed by atoms with Crippen LogP contribution in [0, 0.1) is 17.7 Å². The molecule has 3 unspecified atom stereocenters. The molecule has 0 bridgehead atoms. The Morgan fingerprint density at radius 2 is 2.10 bits per heavy atom. The lowest BCUT2D eigenvalue weighted by Crippen LogP contribution is -2.40. The molecule has 1 N–H and O–H groups in total. The van der Waals surface area contributed by atoms with Crippen molar-refractivity contribution < 1.29 is 14.3 Å². The van der Waals surface area contributed by atoms with Crippen LogP contribution in [0.25, 0.3) is 0 Å². The molecule has 0 spiro atoms. The van der Waals surface area contributed by atoms with Crippen LogP contribution in [-0.4, -0.2) is 35.1 Å². The minimum absolute atomic E-state index is 0.00588. The van der Waals surface area contributed by atoms with Gasteiger partial charge in [0.15, 0.2) is 0 Å². The van der Waals surface area contributed by atoms with Gasteiger partial charge in [0, 0.05) is 13.1 Å². The molecule has 4 heteroatoms. The topological polar surface area (TPSA) is 40.5 Å². The number of carbonyl (C=O) groups is 1. The SMILES string of the molecule is CCC(C)C(O)C(=O)N1CCC(Cc2ccc(F)cc2)C1. The molecule has 1 fully saturated rings. The van der Waals surface area contributed by atoms with Crippen LogP contribution in [0.15, 0.2) is 24.3 Å². The average molecular weight is 293 g/mol. The van der Waals surface area contributed by atoms with Gasteiger partial charge in [-0.2, -0.15) is 0 Å². The number of likely N-dealkylation sites (tertiary alicyclic amines) is 1. The van der Waals surface area contributed by atoms with Gasteiger partial charge >= 0.3 is 0 Å². The molecule has 1 heterocycles. The number of benzene rings is 1.